The number of carbonyl (C=O) groups excluding carboxylic acids is 1. The standard InChI is InChI=1S/C10H8ClFN2O2/c1-2-16-10(15)6-3-5(12)4-7-8(6)9(11)14-13-7/h3-4H,2H2,1H3,(H,13,14). The topological polar surface area (TPSA) is 55.0 Å². The highest BCUT2D eigenvalue weighted by Gasteiger charge is 2.17. The maximum atomic E-state index is 13.2. The van der Waals surface area contributed by atoms with Gasteiger partial charge in [0.1, 0.15) is 11.0 Å². The predicted octanol–water partition coefficient (Wildman–Crippen LogP) is 2.53. The number of aromatic amines is 1. The summed E-state index contributed by atoms with van der Waals surface area (Å²) >= 11 is 5.83. The molecule has 0 unspecified atom stereocenters. The van der Waals surface area contributed by atoms with E-state index in [-0.39, 0.29) is 17.3 Å². The highest BCUT2D eigenvalue weighted by atomic mass is 35.5. The van der Waals surface area contributed by atoms with Crippen LogP contribution in [0.2, 0.25) is 5.15 Å². The van der Waals surface area contributed by atoms with E-state index in [2.05, 4.69) is 10.2 Å². The number of nitrogens with one attached hydrogen (secondary N) is 1. The number of rotatable bonds is 2. The zero-order chi connectivity index (χ0) is 11.7. The third kappa shape index (κ3) is 1.74. The molecule has 4 nitrogen and oxygen atoms in total. The van der Waals surface area contributed by atoms with Gasteiger partial charge in [-0.15, -0.1) is 0 Å². The maximum Gasteiger partial charge on any atom is 0.339 e. The van der Waals surface area contributed by atoms with Crippen LogP contribution in [0.5, 0.6) is 0 Å². The van der Waals surface area contributed by atoms with Gasteiger partial charge in [0.2, 0.25) is 0 Å². The van der Waals surface area contributed by atoms with Crippen LogP contribution in [0.1, 0.15) is 17.3 Å². The highest BCUT2D eigenvalue weighted by Crippen LogP contribution is 2.26. The molecule has 0 saturated heterocycles. The number of hydrogen-bond donors (Lipinski definition) is 1. The SMILES string of the molecule is CCOC(=O)c1cc(F)cc2n[nH]c(Cl)c12. The zero-order valence-electron chi connectivity index (χ0n) is 8.38. The fourth-order valence-corrected chi connectivity index (χ4v) is 1.69. The van der Waals surface area contributed by atoms with E-state index in [1.807, 2.05) is 0 Å². The minimum Gasteiger partial charge on any atom is -0.462 e. The van der Waals surface area contributed by atoms with Crippen LogP contribution in [-0.2, 0) is 4.74 Å². The summed E-state index contributed by atoms with van der Waals surface area (Å²) in [6.07, 6.45) is 0. The molecule has 1 heterocycles. The van der Waals surface area contributed by atoms with Gasteiger partial charge in [-0.1, -0.05) is 11.6 Å². The maximum absolute atomic E-state index is 13.2. The number of benzene rings is 1. The van der Waals surface area contributed by atoms with E-state index in [4.69, 9.17) is 16.3 Å². The number of esters is 1. The Bertz CT molecular complexity index is 553. The average Bonchev–Trinajstić information content (AvgIpc) is 2.59. The van der Waals surface area contributed by atoms with Gasteiger partial charge in [-0.05, 0) is 13.0 Å². The van der Waals surface area contributed by atoms with Crippen molar-refractivity contribution >= 4 is 28.5 Å². The van der Waals surface area contributed by atoms with Crippen LogP contribution in [0.4, 0.5) is 4.39 Å². The van der Waals surface area contributed by atoms with Crippen molar-refractivity contribution in [2.75, 3.05) is 6.61 Å². The molecule has 16 heavy (non-hydrogen) atoms. The van der Waals surface area contributed by atoms with Crippen molar-refractivity contribution in [1.82, 2.24) is 10.2 Å². The molecular formula is C10H8ClFN2O2. The zero-order valence-corrected chi connectivity index (χ0v) is 9.14. The van der Waals surface area contributed by atoms with Crippen molar-refractivity contribution < 1.29 is 13.9 Å². The van der Waals surface area contributed by atoms with Gasteiger partial charge in [-0.2, -0.15) is 5.10 Å². The summed E-state index contributed by atoms with van der Waals surface area (Å²) in [6.45, 7) is 1.89. The second kappa shape index (κ2) is 4.09. The number of H-pyrrole nitrogens is 1. The number of ether oxygens (including phenoxy) is 1. The predicted molar refractivity (Wildman–Crippen MR) is 57.0 cm³/mol. The summed E-state index contributed by atoms with van der Waals surface area (Å²) in [5, 5.41) is 6.83. The van der Waals surface area contributed by atoms with E-state index in [0.717, 1.165) is 6.07 Å². The molecule has 2 rings (SSSR count). The second-order valence-corrected chi connectivity index (χ2v) is 3.48. The highest BCUT2D eigenvalue weighted by molar-refractivity contribution is 6.35. The molecule has 2 aromatic rings. The lowest BCUT2D eigenvalue weighted by molar-refractivity contribution is 0.0528. The fraction of sp³-hybridized carbons (Fsp3) is 0.200. The average molecular weight is 243 g/mol. The van der Waals surface area contributed by atoms with E-state index in [0.29, 0.717) is 10.9 Å². The molecule has 0 aliphatic rings. The Morgan fingerprint density at radius 1 is 1.62 bits per heavy atom. The van der Waals surface area contributed by atoms with E-state index in [1.54, 1.807) is 6.92 Å². The molecule has 1 aromatic heterocycles. The molecule has 0 atom stereocenters. The first-order valence-electron chi connectivity index (χ1n) is 4.63. The monoisotopic (exact) mass is 242 g/mol. The van der Waals surface area contributed by atoms with Crippen LogP contribution >= 0.6 is 11.6 Å². The van der Waals surface area contributed by atoms with Crippen LogP contribution in [0.3, 0.4) is 0 Å². The Kier molecular flexibility index (Phi) is 2.78. The van der Waals surface area contributed by atoms with Crippen molar-refractivity contribution in [2.45, 2.75) is 6.92 Å². The number of nitrogens with zero attached hydrogens (tertiary/aromatic N) is 1. The lowest BCUT2D eigenvalue weighted by Crippen LogP contribution is -2.05. The molecule has 1 aromatic carbocycles. The second-order valence-electron chi connectivity index (χ2n) is 3.11. The molecule has 0 spiro atoms. The minimum absolute atomic E-state index is 0.0793. The van der Waals surface area contributed by atoms with Gasteiger partial charge in [-0.3, -0.25) is 5.10 Å². The van der Waals surface area contributed by atoms with Crippen molar-refractivity contribution in [1.29, 1.82) is 0 Å². The molecule has 84 valence electrons. The molecule has 0 aliphatic heterocycles. The smallest absolute Gasteiger partial charge is 0.339 e. The first kappa shape index (κ1) is 10.9. The summed E-state index contributed by atoms with van der Waals surface area (Å²) in [5.41, 5.74) is 0.378. The third-order valence-electron chi connectivity index (χ3n) is 2.07. The van der Waals surface area contributed by atoms with Gasteiger partial charge in [0.05, 0.1) is 23.1 Å². The van der Waals surface area contributed by atoms with Crippen LogP contribution < -0.4 is 0 Å². The van der Waals surface area contributed by atoms with Crippen molar-refractivity contribution in [3.8, 4) is 0 Å². The van der Waals surface area contributed by atoms with Gasteiger partial charge in [0, 0.05) is 6.07 Å². The Labute approximate surface area is 95.3 Å². The van der Waals surface area contributed by atoms with E-state index in [9.17, 15) is 9.18 Å². The summed E-state index contributed by atoms with van der Waals surface area (Å²) in [5.74, 6) is -1.17. The molecule has 0 saturated carbocycles. The Morgan fingerprint density at radius 2 is 2.38 bits per heavy atom. The molecule has 1 N–H and O–H groups in total. The van der Waals surface area contributed by atoms with Crippen molar-refractivity contribution in [3.05, 3.63) is 28.7 Å². The molecule has 0 radical (unpaired) electrons. The Morgan fingerprint density at radius 3 is 3.06 bits per heavy atom. The largest absolute Gasteiger partial charge is 0.462 e. The number of fused-ring (bicyclic) bond motifs is 1. The summed E-state index contributed by atoms with van der Waals surface area (Å²) in [4.78, 5) is 11.6. The van der Waals surface area contributed by atoms with Crippen LogP contribution in [0.15, 0.2) is 12.1 Å². The summed E-state index contributed by atoms with van der Waals surface area (Å²) in [7, 11) is 0. The first-order chi connectivity index (χ1) is 7.63. The van der Waals surface area contributed by atoms with Crippen molar-refractivity contribution in [2.24, 2.45) is 0 Å². The van der Waals surface area contributed by atoms with Gasteiger partial charge < -0.3 is 4.74 Å². The van der Waals surface area contributed by atoms with Crippen LogP contribution in [0.25, 0.3) is 10.9 Å². The first-order valence-corrected chi connectivity index (χ1v) is 5.01. The quantitative estimate of drug-likeness (QED) is 0.824. The van der Waals surface area contributed by atoms with E-state index >= 15 is 0 Å². The minimum atomic E-state index is -0.615. The fourth-order valence-electron chi connectivity index (χ4n) is 1.45. The molecule has 0 fully saturated rings. The van der Waals surface area contributed by atoms with E-state index in [1.165, 1.54) is 6.07 Å². The summed E-state index contributed by atoms with van der Waals surface area (Å²) < 4.78 is 18.0. The molecule has 0 bridgehead atoms. The lowest BCUT2D eigenvalue weighted by Gasteiger charge is -2.03. The lowest BCUT2D eigenvalue weighted by atomic mass is 10.1. The molecule has 0 aliphatic carbocycles. The number of aromatic nitrogens is 2. The van der Waals surface area contributed by atoms with Gasteiger partial charge in [0.25, 0.3) is 0 Å². The third-order valence-corrected chi connectivity index (χ3v) is 2.35. The van der Waals surface area contributed by atoms with Gasteiger partial charge in [0.15, 0.2) is 0 Å². The van der Waals surface area contributed by atoms with Gasteiger partial charge in [-0.25, -0.2) is 9.18 Å². The Balaban J connectivity index is 2.66. The van der Waals surface area contributed by atoms with Gasteiger partial charge >= 0.3 is 5.97 Å². The molecule has 6 heteroatoms. The Hall–Kier alpha value is -1.62. The normalized spacial score (nSPS) is 10.7. The summed E-state index contributed by atoms with van der Waals surface area (Å²) in [6, 6.07) is 2.28. The van der Waals surface area contributed by atoms with Crippen LogP contribution in [0, 0.1) is 5.82 Å². The molecular weight excluding hydrogens is 235 g/mol. The van der Waals surface area contributed by atoms with Crippen molar-refractivity contribution in [3.63, 3.8) is 0 Å². The number of carbonyl (C=O) groups is 1. The van der Waals surface area contributed by atoms with E-state index < -0.39 is 11.8 Å². The number of halogens is 2. The number of hydrogen-bond acceptors (Lipinski definition) is 3. The molecule has 0 amide bonds. The van der Waals surface area contributed by atoms with Crippen LogP contribution in [-0.4, -0.2) is 22.8 Å².